The number of aromatic carboxylic acids is 1. The molecule has 0 bridgehead atoms. The highest BCUT2D eigenvalue weighted by atomic mass is 32.1. The van der Waals surface area contributed by atoms with Gasteiger partial charge in [-0.1, -0.05) is 0 Å². The second kappa shape index (κ2) is 4.92. The van der Waals surface area contributed by atoms with Crippen LogP contribution in [0.15, 0.2) is 11.4 Å². The van der Waals surface area contributed by atoms with E-state index in [1.807, 2.05) is 0 Å². The summed E-state index contributed by atoms with van der Waals surface area (Å²) in [5.74, 6) is -1.08. The minimum Gasteiger partial charge on any atom is -0.478 e. The number of aliphatic hydroxyl groups is 1. The van der Waals surface area contributed by atoms with Crippen LogP contribution in [-0.2, 0) is 15.1 Å². The highest BCUT2D eigenvalue weighted by molar-refractivity contribution is 7.10. The van der Waals surface area contributed by atoms with E-state index in [4.69, 9.17) is 14.6 Å². The predicted octanol–water partition coefficient (Wildman–Crippen LogP) is 1.27. The van der Waals surface area contributed by atoms with Crippen molar-refractivity contribution in [3.8, 4) is 0 Å². The van der Waals surface area contributed by atoms with E-state index in [0.717, 1.165) is 11.3 Å². The van der Waals surface area contributed by atoms with Gasteiger partial charge in [0.25, 0.3) is 0 Å². The number of carbonyl (C=O) groups is 1. The second-order valence-electron chi connectivity index (χ2n) is 3.42. The van der Waals surface area contributed by atoms with Gasteiger partial charge < -0.3 is 19.7 Å². The van der Waals surface area contributed by atoms with Crippen molar-refractivity contribution < 1.29 is 24.5 Å². The van der Waals surface area contributed by atoms with Gasteiger partial charge in [0.2, 0.25) is 0 Å². The zero-order valence-corrected chi connectivity index (χ0v) is 10.1. The van der Waals surface area contributed by atoms with E-state index in [1.165, 1.54) is 27.2 Å². The van der Waals surface area contributed by atoms with Crippen LogP contribution in [-0.4, -0.2) is 36.7 Å². The minimum atomic E-state index is -1.49. The van der Waals surface area contributed by atoms with E-state index >= 15 is 0 Å². The fourth-order valence-electron chi connectivity index (χ4n) is 1.53. The molecule has 1 unspecified atom stereocenters. The lowest BCUT2D eigenvalue weighted by atomic mass is 10.0. The van der Waals surface area contributed by atoms with Gasteiger partial charge in [-0.2, -0.15) is 0 Å². The summed E-state index contributed by atoms with van der Waals surface area (Å²) < 4.78 is 9.93. The average Bonchev–Trinajstić information content (AvgIpc) is 2.67. The number of ether oxygens (including phenoxy) is 2. The van der Waals surface area contributed by atoms with Crippen molar-refractivity contribution >= 4 is 17.3 Å². The van der Waals surface area contributed by atoms with Gasteiger partial charge in [0.1, 0.15) is 5.60 Å². The van der Waals surface area contributed by atoms with Gasteiger partial charge in [-0.3, -0.25) is 0 Å². The van der Waals surface area contributed by atoms with Crippen LogP contribution in [0.4, 0.5) is 0 Å². The summed E-state index contributed by atoms with van der Waals surface area (Å²) in [5.41, 5.74) is -1.43. The molecule has 0 amide bonds. The lowest BCUT2D eigenvalue weighted by molar-refractivity contribution is -0.211. The molecule has 1 aromatic heterocycles. The SMILES string of the molecule is COC(OC)C(C)(O)c1sccc1C(=O)O. The Hall–Kier alpha value is -0.950. The first-order valence-corrected chi connectivity index (χ1v) is 5.42. The summed E-state index contributed by atoms with van der Waals surface area (Å²) in [4.78, 5) is 11.3. The molecule has 0 fully saturated rings. The molecule has 90 valence electrons. The van der Waals surface area contributed by atoms with Gasteiger partial charge in [0.05, 0.1) is 10.4 Å². The molecule has 1 heterocycles. The first-order chi connectivity index (χ1) is 7.45. The maximum absolute atomic E-state index is 10.9. The van der Waals surface area contributed by atoms with Crippen LogP contribution in [0.1, 0.15) is 22.2 Å². The van der Waals surface area contributed by atoms with E-state index in [-0.39, 0.29) is 5.56 Å². The van der Waals surface area contributed by atoms with Gasteiger partial charge in [0, 0.05) is 14.2 Å². The van der Waals surface area contributed by atoms with Gasteiger partial charge in [-0.15, -0.1) is 11.3 Å². The first kappa shape index (κ1) is 13.1. The Balaban J connectivity index is 3.15. The van der Waals surface area contributed by atoms with Crippen LogP contribution in [0.25, 0.3) is 0 Å². The molecule has 5 nitrogen and oxygen atoms in total. The third-order valence-electron chi connectivity index (χ3n) is 2.24. The van der Waals surface area contributed by atoms with Gasteiger partial charge in [-0.05, 0) is 18.4 Å². The molecule has 0 aromatic carbocycles. The number of thiophene rings is 1. The molecular formula is C10H14O5S. The third kappa shape index (κ3) is 2.25. The maximum atomic E-state index is 10.9. The quantitative estimate of drug-likeness (QED) is 0.765. The average molecular weight is 246 g/mol. The summed E-state index contributed by atoms with van der Waals surface area (Å²) >= 11 is 1.15. The van der Waals surface area contributed by atoms with Crippen molar-refractivity contribution in [2.75, 3.05) is 14.2 Å². The zero-order chi connectivity index (χ0) is 12.3. The number of hydrogen-bond donors (Lipinski definition) is 2. The maximum Gasteiger partial charge on any atom is 0.336 e. The first-order valence-electron chi connectivity index (χ1n) is 4.54. The van der Waals surface area contributed by atoms with Crippen LogP contribution in [0, 0.1) is 0 Å². The Morgan fingerprint density at radius 3 is 2.50 bits per heavy atom. The Morgan fingerprint density at radius 1 is 1.50 bits per heavy atom. The molecule has 6 heteroatoms. The van der Waals surface area contributed by atoms with Crippen molar-refractivity contribution in [2.45, 2.75) is 18.8 Å². The monoisotopic (exact) mass is 246 g/mol. The fourth-order valence-corrected chi connectivity index (χ4v) is 2.49. The molecule has 0 radical (unpaired) electrons. The van der Waals surface area contributed by atoms with Gasteiger partial charge in [0.15, 0.2) is 6.29 Å². The topological polar surface area (TPSA) is 76.0 Å². The Kier molecular flexibility index (Phi) is 4.03. The molecule has 1 rings (SSSR count). The van der Waals surface area contributed by atoms with E-state index in [9.17, 15) is 9.90 Å². The molecule has 1 atom stereocenters. The van der Waals surface area contributed by atoms with Crippen LogP contribution >= 0.6 is 11.3 Å². The van der Waals surface area contributed by atoms with E-state index in [2.05, 4.69) is 0 Å². The summed E-state index contributed by atoms with van der Waals surface area (Å²) in [6, 6.07) is 1.44. The predicted molar refractivity (Wildman–Crippen MR) is 58.7 cm³/mol. The highest BCUT2D eigenvalue weighted by Gasteiger charge is 2.38. The normalized spacial score (nSPS) is 15.1. The highest BCUT2D eigenvalue weighted by Crippen LogP contribution is 2.33. The smallest absolute Gasteiger partial charge is 0.336 e. The van der Waals surface area contributed by atoms with Crippen LogP contribution in [0.3, 0.4) is 0 Å². The largest absolute Gasteiger partial charge is 0.478 e. The molecule has 0 aliphatic heterocycles. The Labute approximate surface area is 97.2 Å². The number of carboxylic acid groups (broad SMARTS) is 1. The number of methoxy groups -OCH3 is 2. The van der Waals surface area contributed by atoms with E-state index in [1.54, 1.807) is 5.38 Å². The second-order valence-corrected chi connectivity index (χ2v) is 4.34. The molecule has 0 aliphatic rings. The fraction of sp³-hybridized carbons (Fsp3) is 0.500. The number of carboxylic acids is 1. The van der Waals surface area contributed by atoms with Crippen molar-refractivity contribution in [1.29, 1.82) is 0 Å². The number of rotatable bonds is 5. The summed E-state index contributed by atoms with van der Waals surface area (Å²) in [6.07, 6.45) is -0.913. The van der Waals surface area contributed by atoms with Crippen molar-refractivity contribution in [2.24, 2.45) is 0 Å². The molecule has 0 spiro atoms. The lowest BCUT2D eigenvalue weighted by Gasteiger charge is -2.30. The summed E-state index contributed by atoms with van der Waals surface area (Å²) in [7, 11) is 2.77. The third-order valence-corrected chi connectivity index (χ3v) is 3.38. The standard InChI is InChI=1S/C10H14O5S/c1-10(13,9(14-2)15-3)7-6(8(11)12)4-5-16-7/h4-5,9,13H,1-3H3,(H,11,12). The summed E-state index contributed by atoms with van der Waals surface area (Å²) in [6.45, 7) is 1.46. The van der Waals surface area contributed by atoms with Crippen molar-refractivity contribution in [3.05, 3.63) is 21.9 Å². The van der Waals surface area contributed by atoms with Gasteiger partial charge >= 0.3 is 5.97 Å². The Bertz CT molecular complexity index is 367. The van der Waals surface area contributed by atoms with Crippen LogP contribution < -0.4 is 0 Å². The zero-order valence-electron chi connectivity index (χ0n) is 9.26. The molecule has 0 saturated carbocycles. The molecule has 16 heavy (non-hydrogen) atoms. The van der Waals surface area contributed by atoms with Crippen molar-refractivity contribution in [3.63, 3.8) is 0 Å². The molecule has 1 aromatic rings. The van der Waals surface area contributed by atoms with Crippen LogP contribution in [0.5, 0.6) is 0 Å². The minimum absolute atomic E-state index is 0.0640. The Morgan fingerprint density at radius 2 is 2.06 bits per heavy atom. The van der Waals surface area contributed by atoms with Crippen molar-refractivity contribution in [1.82, 2.24) is 0 Å². The summed E-state index contributed by atoms with van der Waals surface area (Å²) in [5, 5.41) is 20.8. The molecular weight excluding hydrogens is 232 g/mol. The lowest BCUT2D eigenvalue weighted by Crippen LogP contribution is -2.39. The molecule has 0 saturated heterocycles. The van der Waals surface area contributed by atoms with E-state index < -0.39 is 17.9 Å². The van der Waals surface area contributed by atoms with E-state index in [0.29, 0.717) is 4.88 Å². The molecule has 2 N–H and O–H groups in total. The molecule has 0 aliphatic carbocycles. The van der Waals surface area contributed by atoms with Gasteiger partial charge in [-0.25, -0.2) is 4.79 Å². The number of hydrogen-bond acceptors (Lipinski definition) is 5. The van der Waals surface area contributed by atoms with Crippen LogP contribution in [0.2, 0.25) is 0 Å².